The van der Waals surface area contributed by atoms with Crippen LogP contribution in [0.15, 0.2) is 45.8 Å². The second-order valence-corrected chi connectivity index (χ2v) is 8.07. The third-order valence-electron chi connectivity index (χ3n) is 5.16. The van der Waals surface area contributed by atoms with Gasteiger partial charge in [0.15, 0.2) is 5.82 Å². The first kappa shape index (κ1) is 22.4. The van der Waals surface area contributed by atoms with Crippen molar-refractivity contribution in [2.45, 2.75) is 52.3 Å². The van der Waals surface area contributed by atoms with E-state index in [2.05, 4.69) is 15.5 Å². The number of amides is 1. The lowest BCUT2D eigenvalue weighted by molar-refractivity contribution is 0.0291. The first-order chi connectivity index (χ1) is 14.5. The van der Waals surface area contributed by atoms with Gasteiger partial charge in [-0.1, -0.05) is 17.3 Å². The fraction of sp³-hybridized carbons (Fsp3) is 0.364. The maximum atomic E-state index is 13.4. The Morgan fingerprint density at radius 1 is 1.26 bits per heavy atom. The first-order valence-corrected chi connectivity index (χ1v) is 9.83. The van der Waals surface area contributed by atoms with Crippen LogP contribution in [0.4, 0.5) is 4.39 Å². The molecule has 2 aromatic heterocycles. The van der Waals surface area contributed by atoms with Crippen molar-refractivity contribution in [3.63, 3.8) is 0 Å². The zero-order valence-corrected chi connectivity index (χ0v) is 18.0. The number of rotatable bonds is 6. The topological polar surface area (TPSA) is 110 Å². The van der Waals surface area contributed by atoms with Gasteiger partial charge in [-0.05, 0) is 58.4 Å². The second-order valence-electron chi connectivity index (χ2n) is 8.07. The van der Waals surface area contributed by atoms with Gasteiger partial charge in [0, 0.05) is 11.8 Å². The average molecular weight is 428 g/mol. The van der Waals surface area contributed by atoms with E-state index in [1.165, 1.54) is 41.1 Å². The summed E-state index contributed by atoms with van der Waals surface area (Å²) in [7, 11) is 0. The lowest BCUT2D eigenvalue weighted by Crippen LogP contribution is -2.38. The van der Waals surface area contributed by atoms with Crippen LogP contribution in [0.5, 0.6) is 0 Å². The predicted molar refractivity (Wildman–Crippen MR) is 112 cm³/mol. The number of aromatic nitrogens is 3. The standard InChI is InChI=1S/C22H25FN4O4/c1-12(20-25-14(3)26-31-20)24-19(28)16-10-18(15-6-8-17(23)9-7-15)21(29)27(11-16)13(2)22(4,5)30/h6-13,30H,1-5H3,(H,24,28)/t12-,13-/m1/s1. The summed E-state index contributed by atoms with van der Waals surface area (Å²) in [4.78, 5) is 30.2. The largest absolute Gasteiger partial charge is 0.388 e. The zero-order valence-electron chi connectivity index (χ0n) is 18.0. The van der Waals surface area contributed by atoms with Gasteiger partial charge in [0.2, 0.25) is 5.89 Å². The molecule has 2 atom stereocenters. The SMILES string of the molecule is Cc1noc([C@@H](C)NC(=O)c2cc(-c3ccc(F)cc3)c(=O)n([C@H](C)C(C)(C)O)c2)n1. The monoisotopic (exact) mass is 428 g/mol. The molecular weight excluding hydrogens is 403 g/mol. The van der Waals surface area contributed by atoms with E-state index in [0.717, 1.165) is 0 Å². The van der Waals surface area contributed by atoms with Gasteiger partial charge in [0.05, 0.1) is 17.2 Å². The number of benzene rings is 1. The molecule has 3 rings (SSSR count). The molecule has 3 aromatic rings. The molecule has 0 saturated heterocycles. The van der Waals surface area contributed by atoms with Gasteiger partial charge in [-0.3, -0.25) is 9.59 Å². The van der Waals surface area contributed by atoms with E-state index in [1.54, 1.807) is 34.6 Å². The predicted octanol–water partition coefficient (Wildman–Crippen LogP) is 3.17. The molecule has 9 heteroatoms. The highest BCUT2D eigenvalue weighted by Gasteiger charge is 2.27. The van der Waals surface area contributed by atoms with Crippen LogP contribution in [0.3, 0.4) is 0 Å². The van der Waals surface area contributed by atoms with Crippen molar-refractivity contribution in [1.82, 2.24) is 20.0 Å². The molecule has 1 aromatic carbocycles. The van der Waals surface area contributed by atoms with Crippen molar-refractivity contribution < 1.29 is 18.8 Å². The van der Waals surface area contributed by atoms with Gasteiger partial charge < -0.3 is 19.5 Å². The quantitative estimate of drug-likeness (QED) is 0.624. The number of nitrogens with one attached hydrogen (secondary N) is 1. The van der Waals surface area contributed by atoms with Crippen LogP contribution in [0.1, 0.15) is 61.9 Å². The molecule has 8 nitrogen and oxygen atoms in total. The van der Waals surface area contributed by atoms with Crippen LogP contribution in [-0.2, 0) is 0 Å². The van der Waals surface area contributed by atoms with Crippen molar-refractivity contribution in [1.29, 1.82) is 0 Å². The Bertz CT molecular complexity index is 1150. The number of carbonyl (C=O) groups excluding carboxylic acids is 1. The fourth-order valence-corrected chi connectivity index (χ4v) is 3.02. The highest BCUT2D eigenvalue weighted by atomic mass is 19.1. The molecule has 0 aliphatic heterocycles. The van der Waals surface area contributed by atoms with Gasteiger partial charge in [0.1, 0.15) is 11.9 Å². The number of halogens is 1. The van der Waals surface area contributed by atoms with Gasteiger partial charge >= 0.3 is 0 Å². The Balaban J connectivity index is 2.06. The number of hydrogen-bond donors (Lipinski definition) is 2. The Morgan fingerprint density at radius 2 is 1.90 bits per heavy atom. The Morgan fingerprint density at radius 3 is 2.45 bits per heavy atom. The fourth-order valence-electron chi connectivity index (χ4n) is 3.02. The van der Waals surface area contributed by atoms with E-state index in [0.29, 0.717) is 11.4 Å². The second kappa shape index (κ2) is 8.43. The molecule has 0 fully saturated rings. The molecule has 0 unspecified atom stereocenters. The summed E-state index contributed by atoms with van der Waals surface area (Å²) in [6.45, 7) is 8.20. The Kier molecular flexibility index (Phi) is 6.08. The highest BCUT2D eigenvalue weighted by Crippen LogP contribution is 2.24. The molecule has 0 spiro atoms. The number of hydrogen-bond acceptors (Lipinski definition) is 6. The van der Waals surface area contributed by atoms with Gasteiger partial charge in [-0.2, -0.15) is 4.98 Å². The molecule has 0 bridgehead atoms. The molecule has 0 aliphatic carbocycles. The summed E-state index contributed by atoms with van der Waals surface area (Å²) in [5.74, 6) is -0.208. The molecule has 1 amide bonds. The van der Waals surface area contributed by atoms with Crippen molar-refractivity contribution in [2.24, 2.45) is 0 Å². The summed E-state index contributed by atoms with van der Waals surface area (Å²) >= 11 is 0. The molecule has 0 saturated carbocycles. The molecule has 0 aliphatic rings. The molecule has 164 valence electrons. The van der Waals surface area contributed by atoms with E-state index >= 15 is 0 Å². The van der Waals surface area contributed by atoms with E-state index in [-0.39, 0.29) is 17.0 Å². The summed E-state index contributed by atoms with van der Waals surface area (Å²) in [6.07, 6.45) is 1.40. The van der Waals surface area contributed by atoms with Gasteiger partial charge in [-0.25, -0.2) is 4.39 Å². The van der Waals surface area contributed by atoms with E-state index in [4.69, 9.17) is 4.52 Å². The van der Waals surface area contributed by atoms with Crippen LogP contribution in [-0.4, -0.2) is 31.3 Å². The minimum absolute atomic E-state index is 0.193. The average Bonchev–Trinajstić information content (AvgIpc) is 3.14. The minimum Gasteiger partial charge on any atom is -0.388 e. The van der Waals surface area contributed by atoms with E-state index < -0.39 is 35.0 Å². The summed E-state index contributed by atoms with van der Waals surface area (Å²) in [5.41, 5.74) is -0.770. The first-order valence-electron chi connectivity index (χ1n) is 9.83. The van der Waals surface area contributed by atoms with Gasteiger partial charge in [0.25, 0.3) is 11.5 Å². The van der Waals surface area contributed by atoms with Crippen LogP contribution >= 0.6 is 0 Å². The Labute approximate surface area is 178 Å². The van der Waals surface area contributed by atoms with E-state index in [1.807, 2.05) is 0 Å². The van der Waals surface area contributed by atoms with Crippen LogP contribution in [0.2, 0.25) is 0 Å². The van der Waals surface area contributed by atoms with Crippen molar-refractivity contribution in [3.8, 4) is 11.1 Å². The van der Waals surface area contributed by atoms with Crippen LogP contribution in [0, 0.1) is 12.7 Å². The smallest absolute Gasteiger partial charge is 0.258 e. The van der Waals surface area contributed by atoms with Crippen LogP contribution in [0.25, 0.3) is 11.1 Å². The number of aliphatic hydroxyl groups is 1. The number of pyridine rings is 1. The molecule has 0 radical (unpaired) electrons. The number of aryl methyl sites for hydroxylation is 1. The summed E-state index contributed by atoms with van der Waals surface area (Å²) in [5, 5.41) is 16.9. The molecule has 2 N–H and O–H groups in total. The molecular formula is C22H25FN4O4. The van der Waals surface area contributed by atoms with Crippen LogP contribution < -0.4 is 10.9 Å². The Hall–Kier alpha value is -3.33. The highest BCUT2D eigenvalue weighted by molar-refractivity contribution is 5.95. The van der Waals surface area contributed by atoms with Crippen molar-refractivity contribution in [2.75, 3.05) is 0 Å². The third kappa shape index (κ3) is 4.88. The lowest BCUT2D eigenvalue weighted by atomic mass is 9.98. The summed E-state index contributed by atoms with van der Waals surface area (Å²) < 4.78 is 19.8. The number of nitrogens with zero attached hydrogens (tertiary/aromatic N) is 3. The molecule has 2 heterocycles. The lowest BCUT2D eigenvalue weighted by Gasteiger charge is -2.28. The third-order valence-corrected chi connectivity index (χ3v) is 5.16. The van der Waals surface area contributed by atoms with E-state index in [9.17, 15) is 19.1 Å². The van der Waals surface area contributed by atoms with Crippen molar-refractivity contribution >= 4 is 5.91 Å². The maximum Gasteiger partial charge on any atom is 0.258 e. The van der Waals surface area contributed by atoms with Crippen molar-refractivity contribution in [3.05, 3.63) is 70.0 Å². The minimum atomic E-state index is -1.23. The normalized spacial score (nSPS) is 13.6. The van der Waals surface area contributed by atoms with Gasteiger partial charge in [-0.15, -0.1) is 0 Å². The zero-order chi connectivity index (χ0) is 22.9. The number of carbonyl (C=O) groups is 1. The summed E-state index contributed by atoms with van der Waals surface area (Å²) in [6, 6.07) is 5.67. The molecule has 31 heavy (non-hydrogen) atoms. The maximum absolute atomic E-state index is 13.4.